The minimum Gasteiger partial charge on any atom is -0.457 e. The van der Waals surface area contributed by atoms with Gasteiger partial charge in [0.2, 0.25) is 0 Å². The normalized spacial score (nSPS) is 12.4. The number of ether oxygens (including phenoxy) is 1. The van der Waals surface area contributed by atoms with Gasteiger partial charge in [-0.1, -0.05) is 18.2 Å². The summed E-state index contributed by atoms with van der Waals surface area (Å²) in [5.41, 5.74) is 1.23. The standard InChI is InChI=1S/C26H22F2N2O2/c1-17(23-7-3-4-15-29-23)30-25(31)19-9-14-22-18(16-19)6-5-8-24(22)32-21-12-10-20(11-13-21)26(2,27)28/h3-17H,1-2H3,(H,30,31)/t17-/m0/s1. The number of nitrogens with one attached hydrogen (secondary N) is 1. The van der Waals surface area contributed by atoms with Crippen LogP contribution in [-0.2, 0) is 5.92 Å². The van der Waals surface area contributed by atoms with E-state index < -0.39 is 5.92 Å². The first-order chi connectivity index (χ1) is 15.3. The number of rotatable bonds is 6. The lowest BCUT2D eigenvalue weighted by molar-refractivity contribution is 0.0174. The molecule has 0 spiro atoms. The van der Waals surface area contributed by atoms with E-state index in [1.54, 1.807) is 24.4 Å². The summed E-state index contributed by atoms with van der Waals surface area (Å²) in [4.78, 5) is 17.0. The third kappa shape index (κ3) is 4.75. The quantitative estimate of drug-likeness (QED) is 0.372. The minimum atomic E-state index is -2.90. The summed E-state index contributed by atoms with van der Waals surface area (Å²) in [7, 11) is 0. The van der Waals surface area contributed by atoms with E-state index in [0.29, 0.717) is 17.1 Å². The molecular weight excluding hydrogens is 410 g/mol. The maximum absolute atomic E-state index is 13.4. The number of carbonyl (C=O) groups excluding carboxylic acids is 1. The molecule has 1 aromatic heterocycles. The van der Waals surface area contributed by atoms with Crippen molar-refractivity contribution in [3.05, 3.63) is 102 Å². The molecule has 4 aromatic rings. The lowest BCUT2D eigenvalue weighted by atomic mass is 10.1. The van der Waals surface area contributed by atoms with Crippen molar-refractivity contribution in [3.63, 3.8) is 0 Å². The molecule has 1 atom stereocenters. The molecule has 1 heterocycles. The molecule has 1 amide bonds. The zero-order valence-corrected chi connectivity index (χ0v) is 17.7. The first kappa shape index (κ1) is 21.4. The Morgan fingerprint density at radius 1 is 1.00 bits per heavy atom. The van der Waals surface area contributed by atoms with Crippen molar-refractivity contribution < 1.29 is 18.3 Å². The number of alkyl halides is 2. The van der Waals surface area contributed by atoms with E-state index in [9.17, 15) is 13.6 Å². The fourth-order valence-electron chi connectivity index (χ4n) is 3.41. The smallest absolute Gasteiger partial charge is 0.270 e. The molecule has 0 aliphatic carbocycles. The molecule has 4 nitrogen and oxygen atoms in total. The molecule has 0 bridgehead atoms. The zero-order valence-electron chi connectivity index (χ0n) is 17.7. The van der Waals surface area contributed by atoms with Crippen LogP contribution in [0.3, 0.4) is 0 Å². The molecule has 32 heavy (non-hydrogen) atoms. The highest BCUT2D eigenvalue weighted by Crippen LogP contribution is 2.33. The van der Waals surface area contributed by atoms with Crippen LogP contribution in [0, 0.1) is 0 Å². The molecule has 0 fully saturated rings. The molecule has 0 unspecified atom stereocenters. The highest BCUT2D eigenvalue weighted by atomic mass is 19.3. The number of benzene rings is 3. The lowest BCUT2D eigenvalue weighted by Gasteiger charge is -2.14. The number of nitrogens with zero attached hydrogens (tertiary/aromatic N) is 1. The summed E-state index contributed by atoms with van der Waals surface area (Å²) >= 11 is 0. The van der Waals surface area contributed by atoms with Crippen molar-refractivity contribution in [2.24, 2.45) is 0 Å². The molecule has 6 heteroatoms. The van der Waals surface area contributed by atoms with E-state index >= 15 is 0 Å². The van der Waals surface area contributed by atoms with Gasteiger partial charge >= 0.3 is 0 Å². The number of fused-ring (bicyclic) bond motifs is 1. The van der Waals surface area contributed by atoms with E-state index in [0.717, 1.165) is 23.4 Å². The molecule has 162 valence electrons. The molecule has 1 N–H and O–H groups in total. The summed E-state index contributed by atoms with van der Waals surface area (Å²) in [6.45, 7) is 2.74. The largest absolute Gasteiger partial charge is 0.457 e. The van der Waals surface area contributed by atoms with Gasteiger partial charge in [0.1, 0.15) is 11.5 Å². The minimum absolute atomic E-state index is 0.0710. The second kappa shape index (κ2) is 8.75. The van der Waals surface area contributed by atoms with Gasteiger partial charge in [0, 0.05) is 29.6 Å². The summed E-state index contributed by atoms with van der Waals surface area (Å²) in [5.74, 6) is -2.07. The van der Waals surface area contributed by atoms with Crippen molar-refractivity contribution in [3.8, 4) is 11.5 Å². The number of pyridine rings is 1. The van der Waals surface area contributed by atoms with E-state index in [4.69, 9.17) is 4.74 Å². The number of hydrogen-bond donors (Lipinski definition) is 1. The van der Waals surface area contributed by atoms with Crippen molar-refractivity contribution in [1.82, 2.24) is 10.3 Å². The van der Waals surface area contributed by atoms with Gasteiger partial charge in [0.15, 0.2) is 0 Å². The zero-order chi connectivity index (χ0) is 22.7. The van der Waals surface area contributed by atoms with Crippen LogP contribution in [0.5, 0.6) is 11.5 Å². The first-order valence-electron chi connectivity index (χ1n) is 10.2. The molecule has 0 saturated carbocycles. The van der Waals surface area contributed by atoms with E-state index in [1.807, 2.05) is 43.3 Å². The molecule has 4 rings (SSSR count). The summed E-state index contributed by atoms with van der Waals surface area (Å²) < 4.78 is 32.8. The Kier molecular flexibility index (Phi) is 5.86. The monoisotopic (exact) mass is 432 g/mol. The molecular formula is C26H22F2N2O2. The highest BCUT2D eigenvalue weighted by Gasteiger charge is 2.23. The third-order valence-corrected chi connectivity index (χ3v) is 5.17. The maximum Gasteiger partial charge on any atom is 0.270 e. The van der Waals surface area contributed by atoms with Crippen molar-refractivity contribution in [1.29, 1.82) is 0 Å². The van der Waals surface area contributed by atoms with Crippen LogP contribution >= 0.6 is 0 Å². The third-order valence-electron chi connectivity index (χ3n) is 5.17. The predicted molar refractivity (Wildman–Crippen MR) is 120 cm³/mol. The topological polar surface area (TPSA) is 51.2 Å². The molecule has 0 aliphatic rings. The van der Waals surface area contributed by atoms with Crippen LogP contribution in [0.15, 0.2) is 85.1 Å². The van der Waals surface area contributed by atoms with Gasteiger partial charge in [-0.2, -0.15) is 0 Å². The second-order valence-electron chi connectivity index (χ2n) is 7.66. The molecule has 0 aliphatic heterocycles. The average Bonchev–Trinajstić information content (AvgIpc) is 2.79. The van der Waals surface area contributed by atoms with Gasteiger partial charge < -0.3 is 10.1 Å². The van der Waals surface area contributed by atoms with Crippen molar-refractivity contribution in [2.45, 2.75) is 25.8 Å². The Morgan fingerprint density at radius 2 is 1.78 bits per heavy atom. The molecule has 0 saturated heterocycles. The Morgan fingerprint density at radius 3 is 2.47 bits per heavy atom. The second-order valence-corrected chi connectivity index (χ2v) is 7.66. The van der Waals surface area contributed by atoms with Gasteiger partial charge in [-0.05, 0) is 73.0 Å². The van der Waals surface area contributed by atoms with Crippen LogP contribution in [0.4, 0.5) is 8.78 Å². The fourth-order valence-corrected chi connectivity index (χ4v) is 3.41. The van der Waals surface area contributed by atoms with Gasteiger partial charge in [0.25, 0.3) is 11.8 Å². The van der Waals surface area contributed by atoms with E-state index in [2.05, 4.69) is 10.3 Å². The number of carbonyl (C=O) groups is 1. The predicted octanol–water partition coefficient (Wildman–Crippen LogP) is 6.63. The number of aromatic nitrogens is 1. The van der Waals surface area contributed by atoms with Crippen LogP contribution in [0.1, 0.15) is 41.5 Å². The highest BCUT2D eigenvalue weighted by molar-refractivity contribution is 6.00. The molecule has 0 radical (unpaired) electrons. The number of amides is 1. The summed E-state index contributed by atoms with van der Waals surface area (Å²) in [5, 5.41) is 4.60. The molecule has 3 aromatic carbocycles. The van der Waals surface area contributed by atoms with Crippen LogP contribution < -0.4 is 10.1 Å². The van der Waals surface area contributed by atoms with Crippen LogP contribution in [0.25, 0.3) is 10.8 Å². The van der Waals surface area contributed by atoms with Gasteiger partial charge in [0.05, 0.1) is 11.7 Å². The first-order valence-corrected chi connectivity index (χ1v) is 10.2. The van der Waals surface area contributed by atoms with Crippen LogP contribution in [-0.4, -0.2) is 10.9 Å². The lowest BCUT2D eigenvalue weighted by Crippen LogP contribution is -2.27. The van der Waals surface area contributed by atoms with Crippen LogP contribution in [0.2, 0.25) is 0 Å². The Hall–Kier alpha value is -3.80. The average molecular weight is 432 g/mol. The van der Waals surface area contributed by atoms with Crippen molar-refractivity contribution in [2.75, 3.05) is 0 Å². The van der Waals surface area contributed by atoms with E-state index in [-0.39, 0.29) is 17.5 Å². The summed E-state index contributed by atoms with van der Waals surface area (Å²) in [6, 6.07) is 21.9. The SMILES string of the molecule is C[C@H](NC(=O)c1ccc2c(Oc3ccc(C(C)(F)F)cc3)cccc2c1)c1ccccn1. The fraction of sp³-hybridized carbons (Fsp3) is 0.154. The summed E-state index contributed by atoms with van der Waals surface area (Å²) in [6.07, 6.45) is 1.69. The maximum atomic E-state index is 13.4. The van der Waals surface area contributed by atoms with Gasteiger partial charge in [-0.25, -0.2) is 8.78 Å². The van der Waals surface area contributed by atoms with E-state index in [1.165, 1.54) is 24.3 Å². The Balaban J connectivity index is 1.54. The Labute approximate surface area is 184 Å². The van der Waals surface area contributed by atoms with Gasteiger partial charge in [-0.3, -0.25) is 9.78 Å². The van der Waals surface area contributed by atoms with Crippen molar-refractivity contribution >= 4 is 16.7 Å². The Bertz CT molecular complexity index is 1240. The van der Waals surface area contributed by atoms with Gasteiger partial charge in [-0.15, -0.1) is 0 Å². The number of halogens is 2. The number of hydrogen-bond acceptors (Lipinski definition) is 3.